The van der Waals surface area contributed by atoms with Crippen molar-refractivity contribution in [3.63, 3.8) is 0 Å². The van der Waals surface area contributed by atoms with Crippen LogP contribution in [0.25, 0.3) is 11.4 Å². The molecule has 0 spiro atoms. The number of hydrogen-bond acceptors (Lipinski definition) is 3. The van der Waals surface area contributed by atoms with Gasteiger partial charge in [-0.1, -0.05) is 30.3 Å². The molecule has 0 amide bonds. The maximum atomic E-state index is 6.45. The molecule has 2 aromatic rings. The highest BCUT2D eigenvalue weighted by molar-refractivity contribution is 7.99. The molecule has 20 heavy (non-hydrogen) atoms. The number of nitrogens with zero attached hydrogens (tertiary/aromatic N) is 2. The molecule has 2 heterocycles. The van der Waals surface area contributed by atoms with E-state index in [0.29, 0.717) is 12.0 Å². The van der Waals surface area contributed by atoms with E-state index in [1.807, 2.05) is 17.8 Å². The van der Waals surface area contributed by atoms with Crippen LogP contribution in [-0.4, -0.2) is 21.1 Å². The van der Waals surface area contributed by atoms with Crippen LogP contribution in [0, 0.1) is 0 Å². The van der Waals surface area contributed by atoms with Crippen molar-refractivity contribution in [1.29, 1.82) is 0 Å². The van der Waals surface area contributed by atoms with Crippen molar-refractivity contribution in [2.24, 2.45) is 0 Å². The average molecular weight is 285 g/mol. The Hall–Kier alpha value is -1.42. The molecular weight excluding hydrogens is 266 g/mol. The topological polar surface area (TPSA) is 43.8 Å². The summed E-state index contributed by atoms with van der Waals surface area (Å²) in [6, 6.07) is 11.0. The maximum absolute atomic E-state index is 6.45. The van der Waals surface area contributed by atoms with Crippen LogP contribution in [0.4, 0.5) is 5.82 Å². The van der Waals surface area contributed by atoms with Crippen LogP contribution < -0.4 is 5.73 Å². The standard InChI is InChI=1S/C16H19N3S/c17-15-14(12-8-9-20-10-12)18-16(19(15)13-6-7-13)11-4-2-1-3-5-11/h1-5,12-13H,6-10,17H2. The van der Waals surface area contributed by atoms with Crippen molar-refractivity contribution < 1.29 is 0 Å². The molecule has 2 fully saturated rings. The third-order valence-corrected chi connectivity index (χ3v) is 5.40. The Kier molecular flexibility index (Phi) is 2.99. The minimum atomic E-state index is 0.544. The van der Waals surface area contributed by atoms with Gasteiger partial charge in [-0.25, -0.2) is 4.98 Å². The molecule has 1 aromatic heterocycles. The molecule has 1 saturated carbocycles. The van der Waals surface area contributed by atoms with Crippen molar-refractivity contribution in [1.82, 2.24) is 9.55 Å². The summed E-state index contributed by atoms with van der Waals surface area (Å²) in [7, 11) is 0. The largest absolute Gasteiger partial charge is 0.384 e. The van der Waals surface area contributed by atoms with E-state index in [1.54, 1.807) is 0 Å². The average Bonchev–Trinajstić information content (AvgIpc) is 3.05. The second-order valence-electron chi connectivity index (χ2n) is 5.73. The summed E-state index contributed by atoms with van der Waals surface area (Å²) in [4.78, 5) is 4.95. The molecule has 0 radical (unpaired) electrons. The lowest BCUT2D eigenvalue weighted by Gasteiger charge is -2.09. The molecule has 1 aromatic carbocycles. The predicted octanol–water partition coefficient (Wildman–Crippen LogP) is 3.69. The normalized spacial score (nSPS) is 22.3. The predicted molar refractivity (Wildman–Crippen MR) is 85.0 cm³/mol. The minimum absolute atomic E-state index is 0.544. The summed E-state index contributed by atoms with van der Waals surface area (Å²) in [5.74, 6) is 4.93. The minimum Gasteiger partial charge on any atom is -0.384 e. The first-order valence-corrected chi connectivity index (χ1v) is 8.51. The number of imidazole rings is 1. The van der Waals surface area contributed by atoms with Crippen LogP contribution in [0.2, 0.25) is 0 Å². The summed E-state index contributed by atoms with van der Waals surface area (Å²) >= 11 is 2.02. The van der Waals surface area contributed by atoms with E-state index in [0.717, 1.165) is 17.3 Å². The van der Waals surface area contributed by atoms with Gasteiger partial charge in [0.05, 0.1) is 5.69 Å². The quantitative estimate of drug-likeness (QED) is 0.935. The fourth-order valence-electron chi connectivity index (χ4n) is 3.01. The Morgan fingerprint density at radius 2 is 1.95 bits per heavy atom. The molecule has 4 heteroatoms. The van der Waals surface area contributed by atoms with E-state index in [1.165, 1.54) is 36.3 Å². The van der Waals surface area contributed by atoms with Crippen LogP contribution in [-0.2, 0) is 0 Å². The van der Waals surface area contributed by atoms with Gasteiger partial charge >= 0.3 is 0 Å². The molecule has 4 rings (SSSR count). The van der Waals surface area contributed by atoms with Crippen molar-refractivity contribution in [3.05, 3.63) is 36.0 Å². The summed E-state index contributed by atoms with van der Waals surface area (Å²) in [5.41, 5.74) is 8.78. The highest BCUT2D eigenvalue weighted by Gasteiger charge is 2.32. The lowest BCUT2D eigenvalue weighted by Crippen LogP contribution is -2.05. The molecule has 1 aliphatic carbocycles. The molecular formula is C16H19N3S. The number of hydrogen-bond donors (Lipinski definition) is 1. The van der Waals surface area contributed by atoms with Gasteiger partial charge in [-0.15, -0.1) is 0 Å². The Bertz CT molecular complexity index is 610. The molecule has 104 valence electrons. The first-order chi connectivity index (χ1) is 9.84. The smallest absolute Gasteiger partial charge is 0.142 e. The van der Waals surface area contributed by atoms with Crippen LogP contribution in [0.15, 0.2) is 30.3 Å². The fraction of sp³-hybridized carbons (Fsp3) is 0.438. The molecule has 2 N–H and O–H groups in total. The Labute approximate surface area is 123 Å². The van der Waals surface area contributed by atoms with Gasteiger partial charge in [-0.3, -0.25) is 0 Å². The van der Waals surface area contributed by atoms with Crippen LogP contribution in [0.3, 0.4) is 0 Å². The summed E-state index contributed by atoms with van der Waals surface area (Å²) < 4.78 is 2.29. The van der Waals surface area contributed by atoms with Crippen LogP contribution in [0.5, 0.6) is 0 Å². The Morgan fingerprint density at radius 3 is 2.60 bits per heavy atom. The summed E-state index contributed by atoms with van der Waals surface area (Å²) in [6.45, 7) is 0. The Balaban J connectivity index is 1.83. The Morgan fingerprint density at radius 1 is 1.15 bits per heavy atom. The first-order valence-electron chi connectivity index (χ1n) is 7.35. The fourth-order valence-corrected chi connectivity index (χ4v) is 4.23. The van der Waals surface area contributed by atoms with Crippen LogP contribution in [0.1, 0.15) is 36.9 Å². The van der Waals surface area contributed by atoms with E-state index in [9.17, 15) is 0 Å². The molecule has 3 nitrogen and oxygen atoms in total. The van der Waals surface area contributed by atoms with E-state index in [2.05, 4.69) is 28.8 Å². The number of rotatable bonds is 3. The lowest BCUT2D eigenvalue weighted by molar-refractivity contribution is 0.745. The third kappa shape index (κ3) is 2.03. The highest BCUT2D eigenvalue weighted by Crippen LogP contribution is 2.44. The van der Waals surface area contributed by atoms with Crippen molar-refractivity contribution >= 4 is 17.6 Å². The van der Waals surface area contributed by atoms with E-state index >= 15 is 0 Å². The molecule has 1 saturated heterocycles. The molecule has 1 unspecified atom stereocenters. The zero-order valence-electron chi connectivity index (χ0n) is 11.5. The van der Waals surface area contributed by atoms with Gasteiger partial charge in [0, 0.05) is 23.3 Å². The number of anilines is 1. The van der Waals surface area contributed by atoms with Gasteiger partial charge in [-0.2, -0.15) is 11.8 Å². The van der Waals surface area contributed by atoms with E-state index in [4.69, 9.17) is 10.7 Å². The number of thioether (sulfide) groups is 1. The SMILES string of the molecule is Nc1c(C2CCSC2)nc(-c2ccccc2)n1C1CC1. The van der Waals surface area contributed by atoms with E-state index < -0.39 is 0 Å². The zero-order chi connectivity index (χ0) is 13.5. The summed E-state index contributed by atoms with van der Waals surface area (Å²) in [5, 5.41) is 0. The van der Waals surface area contributed by atoms with Crippen molar-refractivity contribution in [2.75, 3.05) is 17.2 Å². The molecule has 0 bridgehead atoms. The summed E-state index contributed by atoms with van der Waals surface area (Å²) in [6.07, 6.45) is 3.68. The maximum Gasteiger partial charge on any atom is 0.142 e. The first kappa shape index (κ1) is 12.3. The zero-order valence-corrected chi connectivity index (χ0v) is 12.3. The molecule has 1 aliphatic heterocycles. The molecule has 2 aliphatic rings. The second-order valence-corrected chi connectivity index (χ2v) is 6.88. The molecule has 1 atom stereocenters. The van der Waals surface area contributed by atoms with Gasteiger partial charge in [-0.05, 0) is 25.0 Å². The number of benzene rings is 1. The van der Waals surface area contributed by atoms with Crippen molar-refractivity contribution in [3.8, 4) is 11.4 Å². The van der Waals surface area contributed by atoms with Gasteiger partial charge in [0.1, 0.15) is 11.6 Å². The number of nitrogen functional groups attached to an aromatic ring is 1. The van der Waals surface area contributed by atoms with Gasteiger partial charge in [0.2, 0.25) is 0 Å². The monoisotopic (exact) mass is 285 g/mol. The van der Waals surface area contributed by atoms with Gasteiger partial charge in [0.15, 0.2) is 0 Å². The lowest BCUT2D eigenvalue weighted by atomic mass is 10.1. The number of aromatic nitrogens is 2. The van der Waals surface area contributed by atoms with E-state index in [-0.39, 0.29) is 0 Å². The second kappa shape index (κ2) is 4.85. The van der Waals surface area contributed by atoms with Crippen LogP contribution >= 0.6 is 11.8 Å². The highest BCUT2D eigenvalue weighted by atomic mass is 32.2. The van der Waals surface area contributed by atoms with Crippen molar-refractivity contribution in [2.45, 2.75) is 31.2 Å². The van der Waals surface area contributed by atoms with Gasteiger partial charge < -0.3 is 10.3 Å². The third-order valence-electron chi connectivity index (χ3n) is 4.24. The van der Waals surface area contributed by atoms with Gasteiger partial charge in [0.25, 0.3) is 0 Å². The number of nitrogens with two attached hydrogens (primary N) is 1.